The van der Waals surface area contributed by atoms with Crippen LogP contribution in [-0.2, 0) is 9.53 Å². The number of carbonyl (C=O) groups is 1. The molecule has 1 saturated heterocycles. The number of nitrogens with one attached hydrogen (secondary N) is 2. The number of pyridine rings is 1. The highest BCUT2D eigenvalue weighted by atomic mass is 19.1. The van der Waals surface area contributed by atoms with Gasteiger partial charge in [-0.1, -0.05) is 6.58 Å². The monoisotopic (exact) mass is 532 g/mol. The molecule has 0 spiro atoms. The van der Waals surface area contributed by atoms with Crippen molar-refractivity contribution >= 4 is 34.0 Å². The number of carbonyl (C=O) groups excluding carboxylic acids is 1. The third kappa shape index (κ3) is 6.33. The molecule has 2 aromatic heterocycles. The lowest BCUT2D eigenvalue weighted by Crippen LogP contribution is -2.38. The summed E-state index contributed by atoms with van der Waals surface area (Å²) in [5.74, 6) is -0.851. The minimum Gasteiger partial charge on any atom is -0.490 e. The fraction of sp³-hybridized carbons (Fsp3) is 0.214. The normalized spacial score (nSPS) is 13.7. The van der Waals surface area contributed by atoms with Gasteiger partial charge in [0.15, 0.2) is 0 Å². The average molecular weight is 533 g/mol. The van der Waals surface area contributed by atoms with E-state index < -0.39 is 11.6 Å². The summed E-state index contributed by atoms with van der Waals surface area (Å²) in [5, 5.41) is 6.61. The number of hydrogen-bond donors (Lipinski definition) is 2. The predicted octanol–water partition coefficient (Wildman–Crippen LogP) is 4.55. The first kappa shape index (κ1) is 26.1. The van der Waals surface area contributed by atoms with Crippen molar-refractivity contribution in [1.29, 1.82) is 0 Å². The van der Waals surface area contributed by atoms with Crippen LogP contribution >= 0.6 is 0 Å². The Labute approximate surface area is 223 Å². The van der Waals surface area contributed by atoms with Crippen LogP contribution < -0.4 is 15.4 Å². The van der Waals surface area contributed by atoms with Gasteiger partial charge in [0.25, 0.3) is 0 Å². The number of nitrogens with zero attached hydrogens (tertiary/aromatic N) is 4. The van der Waals surface area contributed by atoms with Gasteiger partial charge in [-0.3, -0.25) is 14.7 Å². The van der Waals surface area contributed by atoms with E-state index in [0.29, 0.717) is 65.9 Å². The van der Waals surface area contributed by atoms with Crippen LogP contribution in [-0.4, -0.2) is 65.2 Å². The second kappa shape index (κ2) is 11.9. The molecule has 2 aromatic carbocycles. The minimum atomic E-state index is -0.712. The van der Waals surface area contributed by atoms with Gasteiger partial charge in [-0.15, -0.1) is 0 Å². The molecule has 39 heavy (non-hydrogen) atoms. The van der Waals surface area contributed by atoms with Crippen molar-refractivity contribution in [3.63, 3.8) is 0 Å². The summed E-state index contributed by atoms with van der Waals surface area (Å²) in [7, 11) is 0. The lowest BCUT2D eigenvalue weighted by atomic mass is 10.1. The zero-order valence-electron chi connectivity index (χ0n) is 21.0. The first-order valence-electron chi connectivity index (χ1n) is 12.3. The molecule has 1 fully saturated rings. The predicted molar refractivity (Wildman–Crippen MR) is 144 cm³/mol. The van der Waals surface area contributed by atoms with E-state index in [-0.39, 0.29) is 11.5 Å². The third-order valence-electron chi connectivity index (χ3n) is 6.18. The van der Waals surface area contributed by atoms with Crippen LogP contribution in [0.15, 0.2) is 67.6 Å². The average Bonchev–Trinajstić information content (AvgIpc) is 2.94. The zero-order valence-corrected chi connectivity index (χ0v) is 21.0. The topological polar surface area (TPSA) is 102 Å². The number of anilines is 3. The van der Waals surface area contributed by atoms with E-state index in [0.717, 1.165) is 19.2 Å². The Hall–Kier alpha value is -4.48. The van der Waals surface area contributed by atoms with Crippen LogP contribution in [0.1, 0.15) is 0 Å². The van der Waals surface area contributed by atoms with Gasteiger partial charge in [0, 0.05) is 54.6 Å². The van der Waals surface area contributed by atoms with Crippen molar-refractivity contribution in [3.05, 3.63) is 79.3 Å². The molecule has 2 N–H and O–H groups in total. The second-order valence-electron chi connectivity index (χ2n) is 8.76. The standard InChI is InChI=1S/C28H26F2N6O3/c1-2-27(37)35-25-15-21-24(16-26(25)39-12-9-36-7-10-38-11-8-36)32-17-33-28(21)34-19-5-6-31-23(14-19)20-4-3-18(29)13-22(20)30/h2-6,13-17H,1,7-12H2,(H,35,37)(H,31,32,33,34). The summed E-state index contributed by atoms with van der Waals surface area (Å²) in [5.41, 5.74) is 2.10. The highest BCUT2D eigenvalue weighted by molar-refractivity contribution is 6.03. The molecule has 200 valence electrons. The van der Waals surface area contributed by atoms with Crippen molar-refractivity contribution in [3.8, 4) is 17.0 Å². The number of fused-ring (bicyclic) bond motifs is 1. The number of morpholine rings is 1. The van der Waals surface area contributed by atoms with Crippen molar-refractivity contribution in [2.75, 3.05) is 50.1 Å². The summed E-state index contributed by atoms with van der Waals surface area (Å²) < 4.78 is 39.1. The van der Waals surface area contributed by atoms with Gasteiger partial charge in [0.2, 0.25) is 5.91 Å². The largest absolute Gasteiger partial charge is 0.490 e. The van der Waals surface area contributed by atoms with Gasteiger partial charge in [-0.25, -0.2) is 18.7 Å². The molecule has 11 heteroatoms. The second-order valence-corrected chi connectivity index (χ2v) is 8.76. The number of aromatic nitrogens is 3. The SMILES string of the molecule is C=CC(=O)Nc1cc2c(Nc3ccnc(-c4ccc(F)cc4F)c3)ncnc2cc1OCCN1CCOCC1. The lowest BCUT2D eigenvalue weighted by Gasteiger charge is -2.26. The molecule has 4 aromatic rings. The van der Waals surface area contributed by atoms with E-state index in [9.17, 15) is 13.6 Å². The Morgan fingerprint density at radius 3 is 2.74 bits per heavy atom. The molecular formula is C28H26F2N6O3. The summed E-state index contributed by atoms with van der Waals surface area (Å²) in [6.07, 6.45) is 4.10. The molecule has 0 bridgehead atoms. The van der Waals surface area contributed by atoms with Crippen LogP contribution in [0.25, 0.3) is 22.2 Å². The van der Waals surface area contributed by atoms with Crippen LogP contribution in [0.3, 0.4) is 0 Å². The van der Waals surface area contributed by atoms with Gasteiger partial charge < -0.3 is 20.1 Å². The maximum Gasteiger partial charge on any atom is 0.247 e. The third-order valence-corrected chi connectivity index (χ3v) is 6.18. The van der Waals surface area contributed by atoms with Gasteiger partial charge in [-0.2, -0.15) is 0 Å². The Morgan fingerprint density at radius 1 is 1.10 bits per heavy atom. The number of ether oxygens (including phenoxy) is 2. The van der Waals surface area contributed by atoms with Crippen molar-refractivity contribution in [2.24, 2.45) is 0 Å². The van der Waals surface area contributed by atoms with E-state index in [1.807, 2.05) is 0 Å². The summed E-state index contributed by atoms with van der Waals surface area (Å²) in [4.78, 5) is 27.4. The molecule has 1 aliphatic heterocycles. The van der Waals surface area contributed by atoms with Crippen molar-refractivity contribution < 1.29 is 23.0 Å². The zero-order chi connectivity index (χ0) is 27.2. The molecule has 3 heterocycles. The smallest absolute Gasteiger partial charge is 0.247 e. The first-order valence-corrected chi connectivity index (χ1v) is 12.3. The number of benzene rings is 2. The summed E-state index contributed by atoms with van der Waals surface area (Å²) in [6.45, 7) is 7.73. The molecule has 0 aliphatic carbocycles. The maximum absolute atomic E-state index is 14.3. The summed E-state index contributed by atoms with van der Waals surface area (Å²) in [6, 6.07) is 10.1. The minimum absolute atomic E-state index is 0.167. The molecule has 0 saturated carbocycles. The molecular weight excluding hydrogens is 506 g/mol. The van der Waals surface area contributed by atoms with E-state index in [1.165, 1.54) is 30.7 Å². The fourth-order valence-corrected chi connectivity index (χ4v) is 4.18. The fourth-order valence-electron chi connectivity index (χ4n) is 4.18. The highest BCUT2D eigenvalue weighted by Crippen LogP contribution is 2.34. The van der Waals surface area contributed by atoms with Crippen LogP contribution in [0.5, 0.6) is 5.75 Å². The van der Waals surface area contributed by atoms with Gasteiger partial charge >= 0.3 is 0 Å². The molecule has 0 radical (unpaired) electrons. The van der Waals surface area contributed by atoms with Crippen LogP contribution in [0.4, 0.5) is 26.0 Å². The van der Waals surface area contributed by atoms with E-state index in [2.05, 4.69) is 37.1 Å². The molecule has 0 unspecified atom stereocenters. The number of rotatable bonds is 9. The van der Waals surface area contributed by atoms with Crippen LogP contribution in [0.2, 0.25) is 0 Å². The molecule has 0 atom stereocenters. The summed E-state index contributed by atoms with van der Waals surface area (Å²) >= 11 is 0. The van der Waals surface area contributed by atoms with Gasteiger partial charge in [-0.05, 0) is 36.4 Å². The lowest BCUT2D eigenvalue weighted by molar-refractivity contribution is -0.111. The maximum atomic E-state index is 14.3. The Morgan fingerprint density at radius 2 is 1.95 bits per heavy atom. The van der Waals surface area contributed by atoms with Crippen LogP contribution in [0, 0.1) is 11.6 Å². The number of hydrogen-bond acceptors (Lipinski definition) is 8. The number of amides is 1. The van der Waals surface area contributed by atoms with E-state index in [1.54, 1.807) is 24.3 Å². The molecule has 9 nitrogen and oxygen atoms in total. The van der Waals surface area contributed by atoms with E-state index in [4.69, 9.17) is 9.47 Å². The van der Waals surface area contributed by atoms with E-state index >= 15 is 0 Å². The quantitative estimate of drug-likeness (QED) is 0.303. The van der Waals surface area contributed by atoms with Gasteiger partial charge in [0.1, 0.15) is 36.1 Å². The Balaban J connectivity index is 1.43. The van der Waals surface area contributed by atoms with Crippen molar-refractivity contribution in [1.82, 2.24) is 19.9 Å². The van der Waals surface area contributed by atoms with Gasteiger partial charge in [0.05, 0.1) is 30.1 Å². The first-order chi connectivity index (χ1) is 19.0. The van der Waals surface area contributed by atoms with Crippen molar-refractivity contribution in [2.45, 2.75) is 0 Å². The number of halogens is 2. The molecule has 5 rings (SSSR count). The Bertz CT molecular complexity index is 1510. The molecule has 1 aliphatic rings. The highest BCUT2D eigenvalue weighted by Gasteiger charge is 2.15. The Kier molecular flexibility index (Phi) is 7.99. The molecule has 1 amide bonds.